The summed E-state index contributed by atoms with van der Waals surface area (Å²) in [6.07, 6.45) is 3.81. The maximum absolute atomic E-state index is 12.5. The van der Waals surface area contributed by atoms with Gasteiger partial charge in [-0.05, 0) is 43.7 Å². The van der Waals surface area contributed by atoms with Gasteiger partial charge in [-0.25, -0.2) is 0 Å². The number of esters is 1. The van der Waals surface area contributed by atoms with Gasteiger partial charge in [-0.1, -0.05) is 18.2 Å². The molecule has 122 valence electrons. The maximum Gasteiger partial charge on any atom is 0.321 e. The number of amides is 1. The lowest BCUT2D eigenvalue weighted by Gasteiger charge is -2.33. The molecule has 1 aliphatic rings. The number of carbonyl (C=O) groups is 2. The van der Waals surface area contributed by atoms with Gasteiger partial charge in [0.25, 0.3) is 0 Å². The number of aromatic nitrogens is 1. The van der Waals surface area contributed by atoms with E-state index in [9.17, 15) is 9.59 Å². The minimum Gasteiger partial charge on any atom is -0.465 e. The van der Waals surface area contributed by atoms with Crippen molar-refractivity contribution in [1.29, 1.82) is 0 Å². The van der Waals surface area contributed by atoms with Crippen molar-refractivity contribution >= 4 is 22.8 Å². The monoisotopic (exact) mass is 314 g/mol. The number of nitrogens with zero attached hydrogens (tertiary/aromatic N) is 1. The third-order valence-corrected chi connectivity index (χ3v) is 4.63. The fraction of sp³-hybridized carbons (Fsp3) is 0.444. The largest absolute Gasteiger partial charge is 0.465 e. The molecule has 1 amide bonds. The van der Waals surface area contributed by atoms with Crippen LogP contribution in [0.25, 0.3) is 10.9 Å². The lowest BCUT2D eigenvalue weighted by Crippen LogP contribution is -2.51. The number of fused-ring (bicyclic) bond motifs is 1. The Kier molecular flexibility index (Phi) is 4.37. The van der Waals surface area contributed by atoms with Gasteiger partial charge >= 0.3 is 5.97 Å². The highest BCUT2D eigenvalue weighted by Crippen LogP contribution is 2.34. The van der Waals surface area contributed by atoms with Crippen LogP contribution in [0.15, 0.2) is 36.5 Å². The zero-order valence-corrected chi connectivity index (χ0v) is 13.4. The first-order valence-corrected chi connectivity index (χ1v) is 8.17. The summed E-state index contributed by atoms with van der Waals surface area (Å²) in [7, 11) is 0. The smallest absolute Gasteiger partial charge is 0.321 e. The molecule has 1 atom stereocenters. The topological polar surface area (TPSA) is 60.3 Å². The van der Waals surface area contributed by atoms with Crippen LogP contribution in [-0.4, -0.2) is 29.6 Å². The van der Waals surface area contributed by atoms with Gasteiger partial charge in [0.15, 0.2) is 0 Å². The molecule has 1 fully saturated rings. The van der Waals surface area contributed by atoms with E-state index in [1.807, 2.05) is 30.5 Å². The Morgan fingerprint density at radius 3 is 2.96 bits per heavy atom. The highest BCUT2D eigenvalue weighted by atomic mass is 16.5. The molecular formula is C18H22N2O3. The number of ether oxygens (including phenoxy) is 1. The Bertz CT molecular complexity index is 722. The van der Waals surface area contributed by atoms with Crippen LogP contribution >= 0.6 is 0 Å². The second-order valence-electron chi connectivity index (χ2n) is 5.98. The van der Waals surface area contributed by atoms with Gasteiger partial charge in [0, 0.05) is 24.8 Å². The average molecular weight is 314 g/mol. The van der Waals surface area contributed by atoms with Crippen LogP contribution in [0, 0.1) is 5.41 Å². The minimum atomic E-state index is -1.06. The molecule has 0 aliphatic carbocycles. The van der Waals surface area contributed by atoms with Crippen LogP contribution in [0.4, 0.5) is 0 Å². The Morgan fingerprint density at radius 1 is 1.35 bits per heavy atom. The van der Waals surface area contributed by atoms with Gasteiger partial charge in [-0.15, -0.1) is 0 Å². The first kappa shape index (κ1) is 15.6. The first-order valence-electron chi connectivity index (χ1n) is 8.17. The van der Waals surface area contributed by atoms with E-state index < -0.39 is 11.4 Å². The van der Waals surface area contributed by atoms with Crippen molar-refractivity contribution in [3.05, 3.63) is 36.5 Å². The highest BCUT2D eigenvalue weighted by molar-refractivity contribution is 6.03. The fourth-order valence-electron chi connectivity index (χ4n) is 3.33. The summed E-state index contributed by atoms with van der Waals surface area (Å²) in [6.45, 7) is 3.30. The summed E-state index contributed by atoms with van der Waals surface area (Å²) in [5.74, 6) is -0.590. The summed E-state index contributed by atoms with van der Waals surface area (Å²) < 4.78 is 7.30. The van der Waals surface area contributed by atoms with Crippen LogP contribution in [0.1, 0.15) is 26.2 Å². The molecule has 1 saturated heterocycles. The van der Waals surface area contributed by atoms with Crippen molar-refractivity contribution in [1.82, 2.24) is 9.88 Å². The van der Waals surface area contributed by atoms with Crippen molar-refractivity contribution in [2.75, 3.05) is 13.2 Å². The summed E-state index contributed by atoms with van der Waals surface area (Å²) >= 11 is 0. The third-order valence-electron chi connectivity index (χ3n) is 4.63. The van der Waals surface area contributed by atoms with Crippen LogP contribution in [0.5, 0.6) is 0 Å². The minimum absolute atomic E-state index is 0.196. The Balaban J connectivity index is 1.84. The van der Waals surface area contributed by atoms with E-state index >= 15 is 0 Å². The van der Waals surface area contributed by atoms with E-state index in [0.29, 0.717) is 32.5 Å². The molecule has 0 saturated carbocycles. The van der Waals surface area contributed by atoms with Crippen molar-refractivity contribution < 1.29 is 14.3 Å². The Hall–Kier alpha value is -2.30. The average Bonchev–Trinajstić information content (AvgIpc) is 2.98. The van der Waals surface area contributed by atoms with Crippen molar-refractivity contribution in [2.45, 2.75) is 32.7 Å². The molecule has 0 spiro atoms. The Labute approximate surface area is 135 Å². The maximum atomic E-state index is 12.5. The number of hydrogen-bond acceptors (Lipinski definition) is 3. The van der Waals surface area contributed by atoms with Crippen LogP contribution in [0.3, 0.4) is 0 Å². The predicted octanol–water partition coefficient (Wildman–Crippen LogP) is 2.49. The van der Waals surface area contributed by atoms with Crippen molar-refractivity contribution in [3.63, 3.8) is 0 Å². The number of rotatable bonds is 5. The predicted molar refractivity (Wildman–Crippen MR) is 87.9 cm³/mol. The molecule has 0 radical (unpaired) electrons. The zero-order valence-electron chi connectivity index (χ0n) is 13.4. The van der Waals surface area contributed by atoms with Gasteiger partial charge in [0.05, 0.1) is 6.61 Å². The van der Waals surface area contributed by atoms with Crippen molar-refractivity contribution in [3.8, 4) is 0 Å². The van der Waals surface area contributed by atoms with E-state index in [4.69, 9.17) is 4.74 Å². The van der Waals surface area contributed by atoms with E-state index in [-0.39, 0.29) is 5.91 Å². The number of piperidine rings is 1. The van der Waals surface area contributed by atoms with Crippen LogP contribution in [-0.2, 0) is 20.9 Å². The summed E-state index contributed by atoms with van der Waals surface area (Å²) in [4.78, 5) is 24.9. The van der Waals surface area contributed by atoms with Crippen molar-refractivity contribution in [2.24, 2.45) is 5.41 Å². The number of nitrogens with one attached hydrogen (secondary N) is 1. The first-order chi connectivity index (χ1) is 11.2. The lowest BCUT2D eigenvalue weighted by molar-refractivity contribution is -0.163. The summed E-state index contributed by atoms with van der Waals surface area (Å²) in [5, 5.41) is 3.99. The second kappa shape index (κ2) is 6.44. The second-order valence-corrected chi connectivity index (χ2v) is 5.98. The molecule has 1 aromatic carbocycles. The molecule has 2 heterocycles. The van der Waals surface area contributed by atoms with Gasteiger partial charge in [0.1, 0.15) is 5.41 Å². The molecule has 5 nitrogen and oxygen atoms in total. The molecule has 1 N–H and O–H groups in total. The van der Waals surface area contributed by atoms with Gasteiger partial charge in [-0.3, -0.25) is 9.59 Å². The van der Waals surface area contributed by atoms with Gasteiger partial charge in [0.2, 0.25) is 5.91 Å². The highest BCUT2D eigenvalue weighted by Gasteiger charge is 2.48. The molecule has 3 rings (SSSR count). The molecule has 23 heavy (non-hydrogen) atoms. The number of para-hydroxylation sites is 1. The lowest BCUT2D eigenvalue weighted by atomic mass is 9.77. The van der Waals surface area contributed by atoms with Gasteiger partial charge in [-0.2, -0.15) is 0 Å². The normalized spacial score (nSPS) is 21.2. The number of benzene rings is 1. The fourth-order valence-corrected chi connectivity index (χ4v) is 3.33. The SMILES string of the molecule is CCOC(=O)[C@@]1(CCn2ccc3ccccc32)CCCNC1=O. The van der Waals surface area contributed by atoms with E-state index in [1.165, 1.54) is 0 Å². The quantitative estimate of drug-likeness (QED) is 0.681. The molecule has 1 aliphatic heterocycles. The van der Waals surface area contributed by atoms with Crippen LogP contribution in [0.2, 0.25) is 0 Å². The molecule has 5 heteroatoms. The van der Waals surface area contributed by atoms with E-state index in [1.54, 1.807) is 6.92 Å². The molecule has 1 aromatic heterocycles. The van der Waals surface area contributed by atoms with E-state index in [0.717, 1.165) is 17.3 Å². The summed E-state index contributed by atoms with van der Waals surface area (Å²) in [6, 6.07) is 10.1. The van der Waals surface area contributed by atoms with Crippen LogP contribution < -0.4 is 5.32 Å². The third kappa shape index (κ3) is 2.83. The van der Waals surface area contributed by atoms with Gasteiger partial charge < -0.3 is 14.6 Å². The summed E-state index contributed by atoms with van der Waals surface area (Å²) in [5.41, 5.74) is 0.0577. The number of hydrogen-bond donors (Lipinski definition) is 1. The number of carbonyl (C=O) groups excluding carboxylic acids is 2. The van der Waals surface area contributed by atoms with E-state index in [2.05, 4.69) is 16.0 Å². The Morgan fingerprint density at radius 2 is 2.17 bits per heavy atom. The standard InChI is InChI=1S/C18H22N2O3/c1-2-23-17(22)18(9-5-11-19-16(18)21)10-13-20-12-8-14-6-3-4-7-15(14)20/h3-4,6-8,12H,2,5,9-11,13H2,1H3,(H,19,21)/t18-/m1/s1. The number of aryl methyl sites for hydroxylation is 1. The molecule has 0 bridgehead atoms. The molecule has 2 aromatic rings. The molecular weight excluding hydrogens is 292 g/mol. The zero-order chi connectivity index (χ0) is 16.3. The molecule has 0 unspecified atom stereocenters.